The van der Waals surface area contributed by atoms with E-state index in [2.05, 4.69) is 50.0 Å². The van der Waals surface area contributed by atoms with Crippen molar-refractivity contribution >= 4 is 62.5 Å². The van der Waals surface area contributed by atoms with Gasteiger partial charge in [-0.25, -0.2) is 27.8 Å². The summed E-state index contributed by atoms with van der Waals surface area (Å²) in [5.74, 6) is 0.0515. The number of alkyl carbamates (subject to hydrolysis) is 2. The van der Waals surface area contributed by atoms with Gasteiger partial charge in [0.05, 0.1) is 77.0 Å². The van der Waals surface area contributed by atoms with E-state index in [0.717, 1.165) is 51.8 Å². The molecule has 92 heavy (non-hydrogen) atoms. The maximum absolute atomic E-state index is 14.2. The number of fused-ring (bicyclic) bond motifs is 1. The Hall–Kier alpha value is -7.07. The number of morpholine rings is 1. The van der Waals surface area contributed by atoms with E-state index in [9.17, 15) is 32.7 Å². The number of ether oxygens (including phenoxy) is 5. The van der Waals surface area contributed by atoms with E-state index in [-0.39, 0.29) is 79.8 Å². The predicted molar refractivity (Wildman–Crippen MR) is 354 cm³/mol. The van der Waals surface area contributed by atoms with Crippen LogP contribution in [0, 0.1) is 11.8 Å². The minimum absolute atomic E-state index is 0.000183. The number of rotatable bonds is 30. The van der Waals surface area contributed by atoms with Crippen LogP contribution in [0.4, 0.5) is 20.1 Å². The number of urea groups is 1. The molecule has 0 radical (unpaired) electrons. The number of sulfonamides is 1. The predicted octanol–water partition coefficient (Wildman–Crippen LogP) is 8.38. The molecular formula is C67H90N10O12S3. The maximum Gasteiger partial charge on any atom is 0.407 e. The first-order valence-corrected chi connectivity index (χ1v) is 34.8. The summed E-state index contributed by atoms with van der Waals surface area (Å²) in [7, 11) is -2.20. The Morgan fingerprint density at radius 2 is 1.39 bits per heavy atom. The molecule has 25 heteroatoms. The van der Waals surface area contributed by atoms with Crippen molar-refractivity contribution in [1.82, 2.24) is 45.3 Å². The minimum atomic E-state index is -3.93. The zero-order valence-electron chi connectivity index (χ0n) is 53.2. The van der Waals surface area contributed by atoms with Gasteiger partial charge in [0, 0.05) is 75.0 Å². The second kappa shape index (κ2) is 35.8. The number of nitrogen functional groups attached to an aromatic ring is 1. The van der Waals surface area contributed by atoms with Crippen LogP contribution in [-0.4, -0.2) is 171 Å². The van der Waals surface area contributed by atoms with E-state index in [1.807, 2.05) is 110 Å². The molecule has 3 fully saturated rings. The Morgan fingerprint density at radius 1 is 0.761 bits per heavy atom. The van der Waals surface area contributed by atoms with Crippen LogP contribution in [-0.2, 0) is 70.9 Å². The van der Waals surface area contributed by atoms with Gasteiger partial charge in [-0.05, 0) is 91.8 Å². The number of carbonyl (C=O) groups excluding carboxylic acids is 4. The number of aliphatic hydroxyl groups is 1. The van der Waals surface area contributed by atoms with Crippen molar-refractivity contribution < 1.29 is 56.4 Å². The molecule has 0 spiro atoms. The second-order valence-electron chi connectivity index (χ2n) is 24.2. The largest absolute Gasteiger partial charge is 0.444 e. The molecule has 3 aliphatic rings. The molecule has 8 atom stereocenters. The second-order valence-corrected chi connectivity index (χ2v) is 28.0. The van der Waals surface area contributed by atoms with Gasteiger partial charge in [-0.1, -0.05) is 119 Å². The summed E-state index contributed by atoms with van der Waals surface area (Å²) in [6.45, 7) is 12.8. The van der Waals surface area contributed by atoms with Gasteiger partial charge in [0.15, 0.2) is 6.29 Å². The van der Waals surface area contributed by atoms with Crippen molar-refractivity contribution in [2.45, 2.75) is 139 Å². The van der Waals surface area contributed by atoms with E-state index < -0.39 is 46.5 Å². The molecule has 6 aromatic rings. The van der Waals surface area contributed by atoms with Crippen LogP contribution in [0.3, 0.4) is 0 Å². The Kier molecular flexibility index (Phi) is 27.6. The normalized spacial score (nSPS) is 18.2. The zero-order valence-corrected chi connectivity index (χ0v) is 55.6. The molecule has 5 amide bonds. The maximum atomic E-state index is 14.2. The van der Waals surface area contributed by atoms with Crippen LogP contribution in [0.15, 0.2) is 137 Å². The molecule has 2 aromatic heterocycles. The minimum Gasteiger partial charge on any atom is -0.444 e. The lowest BCUT2D eigenvalue weighted by Gasteiger charge is -2.31. The van der Waals surface area contributed by atoms with Crippen molar-refractivity contribution in [3.63, 3.8) is 0 Å². The zero-order chi connectivity index (χ0) is 65.4. The Labute approximate surface area is 549 Å². The fourth-order valence-electron chi connectivity index (χ4n) is 11.1. The van der Waals surface area contributed by atoms with Crippen LogP contribution in [0.1, 0.15) is 91.6 Å². The molecular weight excluding hydrogens is 1230 g/mol. The van der Waals surface area contributed by atoms with Gasteiger partial charge in [0.2, 0.25) is 15.9 Å². The van der Waals surface area contributed by atoms with Crippen LogP contribution < -0.4 is 27.0 Å². The van der Waals surface area contributed by atoms with Gasteiger partial charge in [0.1, 0.15) is 18.8 Å². The fourth-order valence-corrected chi connectivity index (χ4v) is 14.0. The van der Waals surface area contributed by atoms with Crippen LogP contribution in [0.5, 0.6) is 0 Å². The number of aromatic nitrogens is 2. The first-order chi connectivity index (χ1) is 44.3. The average Bonchev–Trinajstić information content (AvgIpc) is 1.49. The van der Waals surface area contributed by atoms with Crippen molar-refractivity contribution in [2.24, 2.45) is 11.8 Å². The summed E-state index contributed by atoms with van der Waals surface area (Å²) < 4.78 is 56.0. The fraction of sp³-hybridized carbons (Fsp3) is 0.493. The number of nitrogens with one attached hydrogen (secondary N) is 4. The van der Waals surface area contributed by atoms with Gasteiger partial charge in [-0.3, -0.25) is 14.7 Å². The SMILES string of the molecule is CC(C)CN(CC(O)C(Cc1ccccc1)NC(=O)OC1COC2OCCC12)S(=O)(=O)c1ccc(N)cc1.CC(C)c1nc(CN(C)C(=O)NC(CCN2CCOCC2)C(=O)NC(CCC(Cc2ccccc2)NC(=O)OCc2cncs2)Cc2ccccc2)cs1. The smallest absolute Gasteiger partial charge is 0.407 e. The number of nitrogens with two attached hydrogens (primary N) is 1. The van der Waals surface area contributed by atoms with Gasteiger partial charge in [0.25, 0.3) is 0 Å². The number of hydrogen-bond acceptors (Lipinski definition) is 18. The number of anilines is 1. The van der Waals surface area contributed by atoms with E-state index in [1.54, 1.807) is 35.0 Å². The van der Waals surface area contributed by atoms with Gasteiger partial charge < -0.3 is 60.7 Å². The number of carbonyl (C=O) groups is 4. The van der Waals surface area contributed by atoms with Crippen LogP contribution in [0.25, 0.3) is 0 Å². The lowest BCUT2D eigenvalue weighted by Crippen LogP contribution is -2.54. The molecule has 5 heterocycles. The van der Waals surface area contributed by atoms with Gasteiger partial charge >= 0.3 is 18.2 Å². The third-order valence-electron chi connectivity index (χ3n) is 16.1. The number of aliphatic hydroxyl groups excluding tert-OH is 1. The topological polar surface area (TPSA) is 278 Å². The van der Waals surface area contributed by atoms with Crippen molar-refractivity contribution in [1.29, 1.82) is 0 Å². The molecule has 8 unspecified atom stereocenters. The van der Waals surface area contributed by atoms with Crippen LogP contribution in [0.2, 0.25) is 0 Å². The number of thiazole rings is 2. The highest BCUT2D eigenvalue weighted by molar-refractivity contribution is 7.89. The number of hydrogen-bond donors (Lipinski definition) is 6. The van der Waals surface area contributed by atoms with E-state index in [0.29, 0.717) is 76.6 Å². The summed E-state index contributed by atoms with van der Waals surface area (Å²) in [5.41, 5.74) is 11.8. The molecule has 0 saturated carbocycles. The average molecular weight is 1320 g/mol. The molecule has 0 bridgehead atoms. The molecule has 498 valence electrons. The van der Waals surface area contributed by atoms with Crippen molar-refractivity contribution in [3.05, 3.63) is 165 Å². The molecule has 22 nitrogen and oxygen atoms in total. The number of amides is 5. The molecule has 3 aliphatic heterocycles. The molecule has 0 aliphatic carbocycles. The summed E-state index contributed by atoms with van der Waals surface area (Å²) in [6, 6.07) is 33.0. The summed E-state index contributed by atoms with van der Waals surface area (Å²) in [6.07, 6.45) is 2.31. The van der Waals surface area contributed by atoms with E-state index in [4.69, 9.17) is 29.4 Å². The third kappa shape index (κ3) is 22.6. The Morgan fingerprint density at radius 3 is 1.99 bits per heavy atom. The van der Waals surface area contributed by atoms with Crippen molar-refractivity contribution in [2.75, 3.05) is 71.9 Å². The third-order valence-corrected chi connectivity index (χ3v) is 19.9. The standard InChI is InChI=1S/C40H53N7O5S2.C27H37N3O7S/c1-29(2)38-43-34(27-53-38)25-46(3)39(49)45-36(16-17-47-18-20-51-21-19-47)37(48)42-32(22-30-10-6-4-7-11-30)14-15-33(23-31-12-8-5-9-13-31)44-40(50)52-26-35-24-41-28-54-35;1-18(2)15-30(38(33,34)21-10-8-20(28)9-11-21)16-24(31)23(14-19-6-4-3-5-7-19)29-27(32)37-25-17-36-26-22(25)12-13-35-26/h4-13,24,27-29,32-33,36H,14-23,25-26H2,1-3H3,(H,42,48)(H,44,50)(H,45,49);3-11,18,22-26,31H,12-17,28H2,1-2H3,(H,29,32). The molecule has 3 saturated heterocycles. The van der Waals surface area contributed by atoms with Crippen molar-refractivity contribution in [3.8, 4) is 0 Å². The van der Waals surface area contributed by atoms with E-state index >= 15 is 0 Å². The van der Waals surface area contributed by atoms with Gasteiger partial charge in [-0.15, -0.1) is 22.7 Å². The Balaban J connectivity index is 0.000000251. The lowest BCUT2D eigenvalue weighted by atomic mass is 9.95. The highest BCUT2D eigenvalue weighted by atomic mass is 32.2. The Bertz CT molecular complexity index is 3290. The highest BCUT2D eigenvalue weighted by Gasteiger charge is 2.44. The monoisotopic (exact) mass is 1320 g/mol. The summed E-state index contributed by atoms with van der Waals surface area (Å²) in [5, 5.41) is 26.5. The summed E-state index contributed by atoms with van der Waals surface area (Å²) >= 11 is 3.02. The quantitative estimate of drug-likeness (QED) is 0.0231. The first kappa shape index (κ1) is 70.8. The first-order valence-electron chi connectivity index (χ1n) is 31.6. The molecule has 4 aromatic carbocycles. The molecule has 9 rings (SSSR count). The lowest BCUT2D eigenvalue weighted by molar-refractivity contribution is -0.124. The van der Waals surface area contributed by atoms with Crippen LogP contribution >= 0.6 is 22.7 Å². The number of nitrogens with zero attached hydrogens (tertiary/aromatic N) is 5. The van der Waals surface area contributed by atoms with Gasteiger partial charge in [-0.2, -0.15) is 4.31 Å². The number of benzene rings is 4. The van der Waals surface area contributed by atoms with E-state index in [1.165, 1.54) is 39.9 Å². The molecule has 7 N–H and O–H groups in total. The highest BCUT2D eigenvalue weighted by Crippen LogP contribution is 2.33. The summed E-state index contributed by atoms with van der Waals surface area (Å²) in [4.78, 5) is 67.2.